The quantitative estimate of drug-likeness (QED) is 0.721. The van der Waals surface area contributed by atoms with Crippen LogP contribution in [0.1, 0.15) is 17.4 Å². The number of nitrogens with zero attached hydrogens (tertiary/aromatic N) is 2. The van der Waals surface area contributed by atoms with Crippen LogP contribution in [0.15, 0.2) is 30.3 Å². The summed E-state index contributed by atoms with van der Waals surface area (Å²) in [5.41, 5.74) is 10.2. The van der Waals surface area contributed by atoms with Gasteiger partial charge in [-0.2, -0.15) is 9.97 Å². The lowest BCUT2D eigenvalue weighted by Crippen LogP contribution is -2.33. The average Bonchev–Trinajstić information content (AvgIpc) is 2.49. The second-order valence-corrected chi connectivity index (χ2v) is 4.61. The summed E-state index contributed by atoms with van der Waals surface area (Å²) in [6.45, 7) is 1.52. The first-order valence-corrected chi connectivity index (χ1v) is 6.53. The van der Waals surface area contributed by atoms with Crippen molar-refractivity contribution in [3.63, 3.8) is 0 Å². The predicted molar refractivity (Wildman–Crippen MR) is 79.3 cm³/mol. The number of hydrogen-bond donors (Lipinski definition) is 3. The van der Waals surface area contributed by atoms with Crippen LogP contribution in [-0.2, 0) is 4.79 Å². The number of halogens is 1. The first-order valence-electron chi connectivity index (χ1n) is 6.53. The Hall–Kier alpha value is -3.23. The zero-order chi connectivity index (χ0) is 17.0. The lowest BCUT2D eigenvalue weighted by atomic mass is 10.3. The molecule has 0 radical (unpaired) electrons. The molecule has 2 aromatic rings. The summed E-state index contributed by atoms with van der Waals surface area (Å²) in [5, 5.41) is 2.70. The molecule has 1 aromatic heterocycles. The standard InChI is InChI=1S/C14H14FN5O3/c1-7(12(16)21)18-11-6-10(13(17)22)19-14(20-11)23-9-4-2-8(15)3-5-9/h2-7H,1H3,(H2,16,21)(H2,17,22)(H,18,19,20)/t7-/m0/s1. The summed E-state index contributed by atoms with van der Waals surface area (Å²) < 4.78 is 18.2. The SMILES string of the molecule is C[C@H](Nc1cc(C(N)=O)nc(Oc2ccc(F)cc2)n1)C(N)=O. The topological polar surface area (TPSA) is 133 Å². The van der Waals surface area contributed by atoms with Crippen LogP contribution in [0, 0.1) is 5.82 Å². The fraction of sp³-hybridized carbons (Fsp3) is 0.143. The fourth-order valence-electron chi connectivity index (χ4n) is 1.57. The molecule has 120 valence electrons. The molecule has 0 aliphatic carbocycles. The number of anilines is 1. The highest BCUT2D eigenvalue weighted by molar-refractivity contribution is 5.91. The molecule has 1 heterocycles. The Morgan fingerprint density at radius 3 is 2.43 bits per heavy atom. The van der Waals surface area contributed by atoms with E-state index < -0.39 is 23.7 Å². The molecule has 0 aliphatic rings. The van der Waals surface area contributed by atoms with Crippen molar-refractivity contribution in [2.45, 2.75) is 13.0 Å². The summed E-state index contributed by atoms with van der Waals surface area (Å²) in [7, 11) is 0. The summed E-state index contributed by atoms with van der Waals surface area (Å²) in [4.78, 5) is 30.3. The highest BCUT2D eigenvalue weighted by Crippen LogP contribution is 2.20. The molecule has 0 fully saturated rings. The summed E-state index contributed by atoms with van der Waals surface area (Å²) in [6.07, 6.45) is 0. The Kier molecular flexibility index (Phi) is 4.69. The molecule has 0 saturated carbocycles. The summed E-state index contributed by atoms with van der Waals surface area (Å²) in [6, 6.07) is 5.47. The molecule has 9 heteroatoms. The Balaban J connectivity index is 2.30. The first-order chi connectivity index (χ1) is 10.8. The van der Waals surface area contributed by atoms with Gasteiger partial charge in [0, 0.05) is 6.07 Å². The summed E-state index contributed by atoms with van der Waals surface area (Å²) >= 11 is 0. The third kappa shape index (κ3) is 4.37. The van der Waals surface area contributed by atoms with Gasteiger partial charge in [-0.1, -0.05) is 0 Å². The number of primary amides is 2. The Morgan fingerprint density at radius 2 is 1.87 bits per heavy atom. The largest absolute Gasteiger partial charge is 0.424 e. The van der Waals surface area contributed by atoms with Crippen molar-refractivity contribution in [2.24, 2.45) is 11.5 Å². The Labute approximate surface area is 130 Å². The molecule has 0 saturated heterocycles. The predicted octanol–water partition coefficient (Wildman–Crippen LogP) is 0.793. The zero-order valence-corrected chi connectivity index (χ0v) is 12.1. The van der Waals surface area contributed by atoms with Crippen molar-refractivity contribution in [3.8, 4) is 11.8 Å². The van der Waals surface area contributed by atoms with Crippen molar-refractivity contribution in [2.75, 3.05) is 5.32 Å². The van der Waals surface area contributed by atoms with Crippen LogP contribution >= 0.6 is 0 Å². The van der Waals surface area contributed by atoms with E-state index in [2.05, 4.69) is 15.3 Å². The van der Waals surface area contributed by atoms with Gasteiger partial charge in [0.1, 0.15) is 29.1 Å². The fourth-order valence-corrected chi connectivity index (χ4v) is 1.57. The van der Waals surface area contributed by atoms with E-state index in [0.717, 1.165) is 0 Å². The second kappa shape index (κ2) is 6.69. The number of rotatable bonds is 6. The van der Waals surface area contributed by atoms with E-state index in [4.69, 9.17) is 16.2 Å². The van der Waals surface area contributed by atoms with Crippen LogP contribution in [0.4, 0.5) is 10.2 Å². The molecule has 8 nitrogen and oxygen atoms in total. The zero-order valence-electron chi connectivity index (χ0n) is 12.1. The number of benzene rings is 1. The van der Waals surface area contributed by atoms with Gasteiger partial charge < -0.3 is 21.5 Å². The Morgan fingerprint density at radius 1 is 1.22 bits per heavy atom. The third-order valence-corrected chi connectivity index (χ3v) is 2.77. The average molecular weight is 319 g/mol. The highest BCUT2D eigenvalue weighted by Gasteiger charge is 2.14. The highest BCUT2D eigenvalue weighted by atomic mass is 19.1. The van der Waals surface area contributed by atoms with Crippen LogP contribution in [0.3, 0.4) is 0 Å². The summed E-state index contributed by atoms with van der Waals surface area (Å²) in [5.74, 6) is -1.43. The van der Waals surface area contributed by atoms with Crippen LogP contribution in [0.25, 0.3) is 0 Å². The van der Waals surface area contributed by atoms with Crippen LogP contribution in [-0.4, -0.2) is 27.8 Å². The van der Waals surface area contributed by atoms with Gasteiger partial charge in [0.05, 0.1) is 0 Å². The van der Waals surface area contributed by atoms with E-state index in [1.165, 1.54) is 37.3 Å². The number of hydrogen-bond acceptors (Lipinski definition) is 6. The van der Waals surface area contributed by atoms with E-state index in [-0.39, 0.29) is 23.3 Å². The number of amides is 2. The molecule has 1 aromatic carbocycles. The molecule has 2 rings (SSSR count). The number of nitrogens with one attached hydrogen (secondary N) is 1. The van der Waals surface area contributed by atoms with Crippen molar-refractivity contribution < 1.29 is 18.7 Å². The Bertz CT molecular complexity index is 736. The van der Waals surface area contributed by atoms with Gasteiger partial charge in [0.2, 0.25) is 5.91 Å². The number of carbonyl (C=O) groups is 2. The minimum Gasteiger partial charge on any atom is -0.424 e. The second-order valence-electron chi connectivity index (χ2n) is 4.61. The van der Waals surface area contributed by atoms with Gasteiger partial charge in [-0.15, -0.1) is 0 Å². The molecule has 0 bridgehead atoms. The molecule has 23 heavy (non-hydrogen) atoms. The van der Waals surface area contributed by atoms with Crippen molar-refractivity contribution >= 4 is 17.6 Å². The van der Waals surface area contributed by atoms with Crippen LogP contribution < -0.4 is 21.5 Å². The lowest BCUT2D eigenvalue weighted by Gasteiger charge is -2.12. The van der Waals surface area contributed by atoms with Gasteiger partial charge in [0.15, 0.2) is 0 Å². The van der Waals surface area contributed by atoms with Gasteiger partial charge in [0.25, 0.3) is 5.91 Å². The lowest BCUT2D eigenvalue weighted by molar-refractivity contribution is -0.118. The number of nitrogens with two attached hydrogens (primary N) is 2. The third-order valence-electron chi connectivity index (χ3n) is 2.77. The number of ether oxygens (including phenoxy) is 1. The minimum absolute atomic E-state index is 0.115. The number of aromatic nitrogens is 2. The van der Waals surface area contributed by atoms with Gasteiger partial charge in [-0.3, -0.25) is 9.59 Å². The van der Waals surface area contributed by atoms with Crippen LogP contribution in [0.2, 0.25) is 0 Å². The van der Waals surface area contributed by atoms with Crippen molar-refractivity contribution in [1.29, 1.82) is 0 Å². The molecule has 0 aliphatic heterocycles. The maximum Gasteiger partial charge on any atom is 0.324 e. The van der Waals surface area contributed by atoms with E-state index in [0.29, 0.717) is 0 Å². The number of carbonyl (C=O) groups excluding carboxylic acids is 2. The molecule has 0 unspecified atom stereocenters. The van der Waals surface area contributed by atoms with E-state index >= 15 is 0 Å². The van der Waals surface area contributed by atoms with E-state index in [1.807, 2.05) is 0 Å². The minimum atomic E-state index is -0.800. The van der Waals surface area contributed by atoms with E-state index in [9.17, 15) is 14.0 Å². The van der Waals surface area contributed by atoms with Crippen molar-refractivity contribution in [1.82, 2.24) is 9.97 Å². The van der Waals surface area contributed by atoms with Gasteiger partial charge in [-0.25, -0.2) is 4.39 Å². The molecule has 2 amide bonds. The smallest absolute Gasteiger partial charge is 0.324 e. The molecule has 1 atom stereocenters. The van der Waals surface area contributed by atoms with Crippen LogP contribution in [0.5, 0.6) is 11.8 Å². The monoisotopic (exact) mass is 319 g/mol. The molecule has 0 spiro atoms. The molecular weight excluding hydrogens is 305 g/mol. The molecule has 5 N–H and O–H groups in total. The van der Waals surface area contributed by atoms with Crippen molar-refractivity contribution in [3.05, 3.63) is 41.8 Å². The maximum absolute atomic E-state index is 12.9. The normalized spacial score (nSPS) is 11.6. The molecular formula is C14H14FN5O3. The first kappa shape index (κ1) is 16.1. The van der Waals surface area contributed by atoms with Gasteiger partial charge in [-0.05, 0) is 31.2 Å². The van der Waals surface area contributed by atoms with Gasteiger partial charge >= 0.3 is 6.01 Å². The maximum atomic E-state index is 12.9. The van der Waals surface area contributed by atoms with E-state index in [1.54, 1.807) is 0 Å².